The molecule has 2 aliphatic heterocycles. The molecule has 3 heterocycles. The van der Waals surface area contributed by atoms with Crippen LogP contribution in [0.1, 0.15) is 5.56 Å². The standard InChI is InChI=1S/C11H15N3O2S.ClH/c15-14(16)11-1-8(7-17-11)4-13-5-9-2-12-3-10(9)6-13;/h1,7,9-10,12H,2-6H2;1H/t9-,10+;. The number of rotatable bonds is 3. The molecule has 18 heavy (non-hydrogen) atoms. The van der Waals surface area contributed by atoms with E-state index in [2.05, 4.69) is 10.2 Å². The first-order valence-corrected chi connectivity index (χ1v) is 6.75. The first-order chi connectivity index (χ1) is 8.22. The Labute approximate surface area is 116 Å². The Morgan fingerprint density at radius 1 is 1.44 bits per heavy atom. The highest BCUT2D eigenvalue weighted by Gasteiger charge is 2.35. The molecule has 1 aromatic heterocycles. The van der Waals surface area contributed by atoms with Gasteiger partial charge in [0.05, 0.1) is 4.92 Å². The van der Waals surface area contributed by atoms with Crippen molar-refractivity contribution >= 4 is 28.7 Å². The normalized spacial score (nSPS) is 26.9. The van der Waals surface area contributed by atoms with Crippen molar-refractivity contribution in [2.24, 2.45) is 11.8 Å². The first-order valence-electron chi connectivity index (χ1n) is 5.87. The Bertz CT molecular complexity index is 428. The number of hydrogen-bond donors (Lipinski definition) is 1. The Balaban J connectivity index is 0.00000120. The molecule has 2 fully saturated rings. The van der Waals surface area contributed by atoms with Crippen molar-refractivity contribution in [3.05, 3.63) is 27.1 Å². The fourth-order valence-corrected chi connectivity index (χ4v) is 3.60. The second-order valence-electron chi connectivity index (χ2n) is 4.92. The van der Waals surface area contributed by atoms with Gasteiger partial charge in [0.15, 0.2) is 0 Å². The van der Waals surface area contributed by atoms with E-state index in [1.54, 1.807) is 6.07 Å². The van der Waals surface area contributed by atoms with E-state index in [-0.39, 0.29) is 22.3 Å². The lowest BCUT2D eigenvalue weighted by atomic mass is 10.0. The average Bonchev–Trinajstić information content (AvgIpc) is 2.91. The molecule has 0 aromatic carbocycles. The largest absolute Gasteiger partial charge is 0.324 e. The third kappa shape index (κ3) is 2.66. The van der Waals surface area contributed by atoms with Crippen molar-refractivity contribution < 1.29 is 4.92 Å². The van der Waals surface area contributed by atoms with Gasteiger partial charge in [-0.25, -0.2) is 0 Å². The molecule has 0 unspecified atom stereocenters. The molecule has 2 saturated heterocycles. The second kappa shape index (κ2) is 5.52. The van der Waals surface area contributed by atoms with E-state index in [0.717, 1.165) is 50.1 Å². The van der Waals surface area contributed by atoms with Crippen LogP contribution in [0, 0.1) is 22.0 Å². The minimum atomic E-state index is -0.309. The van der Waals surface area contributed by atoms with Gasteiger partial charge in [-0.05, 0) is 30.5 Å². The summed E-state index contributed by atoms with van der Waals surface area (Å²) in [5.41, 5.74) is 1.08. The van der Waals surface area contributed by atoms with Gasteiger partial charge in [-0.3, -0.25) is 15.0 Å². The molecule has 0 aliphatic carbocycles. The number of nitro groups is 1. The lowest BCUT2D eigenvalue weighted by Crippen LogP contribution is -2.25. The summed E-state index contributed by atoms with van der Waals surface area (Å²) in [5.74, 6) is 1.56. The second-order valence-corrected chi connectivity index (χ2v) is 5.81. The van der Waals surface area contributed by atoms with Crippen molar-refractivity contribution in [1.82, 2.24) is 10.2 Å². The highest BCUT2D eigenvalue weighted by atomic mass is 35.5. The molecule has 0 bridgehead atoms. The maximum atomic E-state index is 10.6. The average molecular weight is 290 g/mol. The maximum Gasteiger partial charge on any atom is 0.324 e. The lowest BCUT2D eigenvalue weighted by Gasteiger charge is -2.15. The third-order valence-electron chi connectivity index (χ3n) is 3.69. The summed E-state index contributed by atoms with van der Waals surface area (Å²) in [6.45, 7) is 5.37. The fourth-order valence-electron chi connectivity index (χ4n) is 2.88. The van der Waals surface area contributed by atoms with Gasteiger partial charge >= 0.3 is 5.00 Å². The smallest absolute Gasteiger partial charge is 0.316 e. The van der Waals surface area contributed by atoms with Crippen molar-refractivity contribution in [1.29, 1.82) is 0 Å². The maximum absolute atomic E-state index is 10.6. The SMILES string of the molecule is Cl.O=[N+]([O-])c1cc(CN2C[C@H]3CNC[C@H]3C2)cs1. The summed E-state index contributed by atoms with van der Waals surface area (Å²) in [6, 6.07) is 1.71. The highest BCUT2D eigenvalue weighted by Crippen LogP contribution is 2.29. The minimum Gasteiger partial charge on any atom is -0.316 e. The molecule has 0 saturated carbocycles. The van der Waals surface area contributed by atoms with E-state index >= 15 is 0 Å². The predicted octanol–water partition coefficient (Wildman–Crippen LogP) is 1.73. The van der Waals surface area contributed by atoms with E-state index in [1.807, 2.05) is 5.38 Å². The number of nitrogens with one attached hydrogen (secondary N) is 1. The number of nitrogens with zero attached hydrogens (tertiary/aromatic N) is 2. The van der Waals surface area contributed by atoms with Gasteiger partial charge in [-0.1, -0.05) is 11.3 Å². The van der Waals surface area contributed by atoms with Gasteiger partial charge in [-0.15, -0.1) is 12.4 Å². The van der Waals surface area contributed by atoms with Crippen LogP contribution in [0.5, 0.6) is 0 Å². The van der Waals surface area contributed by atoms with Gasteiger partial charge in [0.1, 0.15) is 0 Å². The fraction of sp³-hybridized carbons (Fsp3) is 0.636. The molecule has 0 radical (unpaired) electrons. The van der Waals surface area contributed by atoms with E-state index in [1.165, 1.54) is 11.3 Å². The predicted molar refractivity (Wildman–Crippen MR) is 73.3 cm³/mol. The number of hydrogen-bond acceptors (Lipinski definition) is 5. The van der Waals surface area contributed by atoms with Crippen LogP contribution in [0.15, 0.2) is 11.4 Å². The van der Waals surface area contributed by atoms with Crippen LogP contribution in [0.2, 0.25) is 0 Å². The summed E-state index contributed by atoms with van der Waals surface area (Å²) in [4.78, 5) is 12.7. The van der Waals surface area contributed by atoms with E-state index in [4.69, 9.17) is 0 Å². The van der Waals surface area contributed by atoms with E-state index < -0.39 is 0 Å². The van der Waals surface area contributed by atoms with Crippen LogP contribution >= 0.6 is 23.7 Å². The summed E-state index contributed by atoms with van der Waals surface area (Å²) < 4.78 is 0. The molecule has 7 heteroatoms. The number of fused-ring (bicyclic) bond motifs is 1. The molecule has 5 nitrogen and oxygen atoms in total. The number of likely N-dealkylation sites (tertiary alicyclic amines) is 1. The van der Waals surface area contributed by atoms with Gasteiger partial charge < -0.3 is 5.32 Å². The van der Waals surface area contributed by atoms with Gasteiger partial charge in [-0.2, -0.15) is 0 Å². The van der Waals surface area contributed by atoms with Crippen LogP contribution in [-0.2, 0) is 6.54 Å². The molecular weight excluding hydrogens is 274 g/mol. The van der Waals surface area contributed by atoms with Crippen molar-refractivity contribution in [2.45, 2.75) is 6.54 Å². The zero-order chi connectivity index (χ0) is 11.8. The molecule has 0 spiro atoms. The quantitative estimate of drug-likeness (QED) is 0.680. The van der Waals surface area contributed by atoms with Gasteiger partial charge in [0.2, 0.25) is 0 Å². The zero-order valence-corrected chi connectivity index (χ0v) is 11.5. The van der Waals surface area contributed by atoms with Crippen LogP contribution in [-0.4, -0.2) is 36.0 Å². The van der Waals surface area contributed by atoms with Crippen LogP contribution in [0.4, 0.5) is 5.00 Å². The zero-order valence-electron chi connectivity index (χ0n) is 9.87. The molecule has 2 aliphatic rings. The van der Waals surface area contributed by atoms with Gasteiger partial charge in [0.25, 0.3) is 0 Å². The lowest BCUT2D eigenvalue weighted by molar-refractivity contribution is -0.380. The van der Waals surface area contributed by atoms with Crippen LogP contribution in [0.3, 0.4) is 0 Å². The van der Waals surface area contributed by atoms with Crippen LogP contribution < -0.4 is 5.32 Å². The first kappa shape index (κ1) is 13.7. The van der Waals surface area contributed by atoms with E-state index in [9.17, 15) is 10.1 Å². The minimum absolute atomic E-state index is 0. The molecule has 3 rings (SSSR count). The molecule has 2 atom stereocenters. The number of halogens is 1. The van der Waals surface area contributed by atoms with E-state index in [0.29, 0.717) is 0 Å². The van der Waals surface area contributed by atoms with Crippen molar-refractivity contribution in [3.63, 3.8) is 0 Å². The summed E-state index contributed by atoms with van der Waals surface area (Å²) in [5, 5.41) is 16.2. The highest BCUT2D eigenvalue weighted by molar-refractivity contribution is 7.13. The third-order valence-corrected chi connectivity index (χ3v) is 4.62. The topological polar surface area (TPSA) is 58.4 Å². The van der Waals surface area contributed by atoms with Gasteiger partial charge in [0, 0.05) is 31.1 Å². The molecule has 100 valence electrons. The number of thiophene rings is 1. The van der Waals surface area contributed by atoms with Crippen molar-refractivity contribution in [3.8, 4) is 0 Å². The Morgan fingerprint density at radius 2 is 2.11 bits per heavy atom. The molecule has 0 amide bonds. The summed E-state index contributed by atoms with van der Waals surface area (Å²) >= 11 is 1.22. The Morgan fingerprint density at radius 3 is 2.67 bits per heavy atom. The summed E-state index contributed by atoms with van der Waals surface area (Å²) in [6.07, 6.45) is 0. The Hall–Kier alpha value is -0.690. The monoisotopic (exact) mass is 289 g/mol. The Kier molecular flexibility index (Phi) is 4.21. The molecule has 1 N–H and O–H groups in total. The molecule has 1 aromatic rings. The van der Waals surface area contributed by atoms with Crippen LogP contribution in [0.25, 0.3) is 0 Å². The van der Waals surface area contributed by atoms with Crippen molar-refractivity contribution in [2.75, 3.05) is 26.2 Å². The summed E-state index contributed by atoms with van der Waals surface area (Å²) in [7, 11) is 0. The molecular formula is C11H16ClN3O2S.